The summed E-state index contributed by atoms with van der Waals surface area (Å²) >= 11 is 0. The van der Waals surface area contributed by atoms with Crippen LogP contribution in [0.4, 0.5) is 0 Å². The minimum Gasteiger partial charge on any atom is -0.554 e. The van der Waals surface area contributed by atoms with Crippen molar-refractivity contribution in [2.24, 2.45) is 0 Å². The van der Waals surface area contributed by atoms with Crippen LogP contribution in [0.1, 0.15) is 0 Å². The second-order valence-corrected chi connectivity index (χ2v) is 12.0. The summed E-state index contributed by atoms with van der Waals surface area (Å²) in [6.45, 7) is 0. The zero-order chi connectivity index (χ0) is 36.7. The molecule has 0 atom stereocenters. The summed E-state index contributed by atoms with van der Waals surface area (Å²) < 4.78 is 10.8. The Morgan fingerprint density at radius 1 is 0.455 bits per heavy atom. The molecule has 10 rings (SSSR count). The number of hydrogen-bond acceptors (Lipinski definition) is 7. The van der Waals surface area contributed by atoms with Gasteiger partial charge in [-0.15, -0.1) is 60.2 Å². The number of methoxy groups -OCH3 is 2. The molecule has 0 aliphatic heterocycles. The smallest absolute Gasteiger partial charge is 0.113 e. The molecule has 0 saturated carbocycles. The number of pyridine rings is 1. The summed E-state index contributed by atoms with van der Waals surface area (Å²) in [5.41, 5.74) is 7.12. The average Bonchev–Trinajstić information content (AvgIpc) is 3.89. The van der Waals surface area contributed by atoms with E-state index in [1.807, 2.05) is 152 Å². The molecule has 3 aromatic heterocycles. The zero-order valence-electron chi connectivity index (χ0n) is 29.8. The van der Waals surface area contributed by atoms with E-state index in [4.69, 9.17) is 9.47 Å². The Morgan fingerprint density at radius 3 is 1.27 bits per heavy atom. The Hall–Kier alpha value is -6.74. The molecule has 0 aliphatic rings. The molecule has 271 valence electrons. The number of nitrogens with zero attached hydrogens (tertiary/aromatic N) is 7. The van der Waals surface area contributed by atoms with Crippen LogP contribution in [-0.4, -0.2) is 49.2 Å². The van der Waals surface area contributed by atoms with Gasteiger partial charge in [0.25, 0.3) is 0 Å². The van der Waals surface area contributed by atoms with Crippen LogP contribution < -0.4 is 9.47 Å². The van der Waals surface area contributed by atoms with Gasteiger partial charge in [0.1, 0.15) is 22.1 Å². The molecule has 0 spiro atoms. The van der Waals surface area contributed by atoms with Crippen molar-refractivity contribution in [3.63, 3.8) is 0 Å². The Kier molecular flexibility index (Phi) is 11.3. The van der Waals surface area contributed by atoms with E-state index in [0.717, 1.165) is 77.7 Å². The fraction of sp³-hybridized carbons (Fsp3) is 0.0444. The van der Waals surface area contributed by atoms with Crippen molar-refractivity contribution in [2.45, 2.75) is 0 Å². The van der Waals surface area contributed by atoms with Gasteiger partial charge in [0, 0.05) is 37.8 Å². The largest absolute Gasteiger partial charge is 0.554 e. The third kappa shape index (κ3) is 7.82. The van der Waals surface area contributed by atoms with Crippen molar-refractivity contribution in [3.05, 3.63) is 176 Å². The normalized spacial score (nSPS) is 10.6. The summed E-state index contributed by atoms with van der Waals surface area (Å²) in [6.07, 6.45) is 1.79. The number of hydrogen-bond donors (Lipinski definition) is 0. The van der Waals surface area contributed by atoms with E-state index >= 15 is 0 Å². The molecule has 10 aromatic rings. The van der Waals surface area contributed by atoms with Gasteiger partial charge >= 0.3 is 0 Å². The van der Waals surface area contributed by atoms with Gasteiger partial charge in [-0.3, -0.25) is 0 Å². The van der Waals surface area contributed by atoms with Crippen LogP contribution in [0.2, 0.25) is 0 Å². The predicted octanol–water partition coefficient (Wildman–Crippen LogP) is 9.31. The van der Waals surface area contributed by atoms with Gasteiger partial charge in [0.2, 0.25) is 0 Å². The molecule has 0 amide bonds. The van der Waals surface area contributed by atoms with Crippen LogP contribution in [0.3, 0.4) is 0 Å². The zero-order valence-corrected chi connectivity index (χ0v) is 32.2. The molecule has 0 aliphatic carbocycles. The van der Waals surface area contributed by atoms with Crippen molar-refractivity contribution >= 4 is 43.6 Å². The molecular weight excluding hydrogens is 863 g/mol. The van der Waals surface area contributed by atoms with Gasteiger partial charge in [-0.2, -0.15) is 42.1 Å². The number of fused-ring (bicyclic) bond motifs is 4. The summed E-state index contributed by atoms with van der Waals surface area (Å²) in [6, 6.07) is 58.6. The minimum absolute atomic E-state index is 0. The van der Waals surface area contributed by atoms with E-state index in [0.29, 0.717) is 0 Å². The molecule has 55 heavy (non-hydrogen) atoms. The van der Waals surface area contributed by atoms with Gasteiger partial charge in [-0.1, -0.05) is 94.3 Å². The molecular formula is C45H32IrN7O2-3. The maximum absolute atomic E-state index is 5.40. The molecule has 1 radical (unpaired) electrons. The number of rotatable bonds is 5. The number of benzene rings is 7. The van der Waals surface area contributed by atoms with E-state index in [1.165, 1.54) is 0 Å². The van der Waals surface area contributed by atoms with Gasteiger partial charge in [-0.05, 0) is 47.4 Å². The molecule has 10 heteroatoms. The fourth-order valence-corrected chi connectivity index (χ4v) is 6.05. The molecule has 7 aromatic carbocycles. The molecule has 0 unspecified atom stereocenters. The summed E-state index contributed by atoms with van der Waals surface area (Å²) in [5.74, 6) is 1.59. The van der Waals surface area contributed by atoms with Crippen LogP contribution in [0, 0.1) is 18.2 Å². The van der Waals surface area contributed by atoms with Crippen molar-refractivity contribution in [1.29, 1.82) is 0 Å². The third-order valence-corrected chi connectivity index (χ3v) is 8.64. The third-order valence-electron chi connectivity index (χ3n) is 8.64. The molecule has 0 bridgehead atoms. The molecule has 0 saturated heterocycles. The first kappa shape index (κ1) is 36.6. The molecule has 9 nitrogen and oxygen atoms in total. The standard InChI is InChI=1S/2C17H12N3O.C11H8N.Ir/c2*1-21-17-11-10-16(12-6-2-3-7-13(12)17)20-18-14-8-4-5-9-15(14)19-20;1-2-6-10(7-3-1)11-8-4-5-9-12-11;/h2*2-9,11H,1H3;1-6,8-9H;/q3*-1;. The van der Waals surface area contributed by atoms with E-state index in [2.05, 4.69) is 43.6 Å². The van der Waals surface area contributed by atoms with E-state index < -0.39 is 0 Å². The number of aromatic nitrogens is 7. The van der Waals surface area contributed by atoms with Crippen LogP contribution in [-0.2, 0) is 20.1 Å². The van der Waals surface area contributed by atoms with Crippen molar-refractivity contribution in [2.75, 3.05) is 14.2 Å². The van der Waals surface area contributed by atoms with E-state index in [1.54, 1.807) is 30.0 Å². The maximum Gasteiger partial charge on any atom is 0.113 e. The summed E-state index contributed by atoms with van der Waals surface area (Å²) in [5, 5.41) is 22.2. The summed E-state index contributed by atoms with van der Waals surface area (Å²) in [4.78, 5) is 7.48. The second kappa shape index (κ2) is 16.9. The maximum atomic E-state index is 5.40. The quantitative estimate of drug-likeness (QED) is 0.159. The predicted molar refractivity (Wildman–Crippen MR) is 212 cm³/mol. The van der Waals surface area contributed by atoms with Gasteiger partial charge in [0.15, 0.2) is 0 Å². The molecule has 0 fully saturated rings. The molecule has 0 N–H and O–H groups in total. The van der Waals surface area contributed by atoms with Crippen LogP contribution >= 0.6 is 0 Å². The van der Waals surface area contributed by atoms with E-state index in [-0.39, 0.29) is 20.1 Å². The topological polar surface area (TPSA) is 92.8 Å². The Balaban J connectivity index is 0.000000131. The first-order chi connectivity index (χ1) is 26.7. The fourth-order valence-electron chi connectivity index (χ4n) is 6.05. The summed E-state index contributed by atoms with van der Waals surface area (Å²) in [7, 11) is 3.32. The Labute approximate surface area is 331 Å². The Morgan fingerprint density at radius 2 is 0.873 bits per heavy atom. The molecule has 3 heterocycles. The van der Waals surface area contributed by atoms with Crippen molar-refractivity contribution in [1.82, 2.24) is 35.0 Å². The first-order valence-electron chi connectivity index (χ1n) is 17.2. The van der Waals surface area contributed by atoms with Gasteiger partial charge in [0.05, 0.1) is 14.2 Å². The van der Waals surface area contributed by atoms with Crippen LogP contribution in [0.15, 0.2) is 158 Å². The van der Waals surface area contributed by atoms with Crippen LogP contribution in [0.25, 0.3) is 66.2 Å². The average molecular weight is 895 g/mol. The SMILES string of the molecule is COc1c[c-]c(-n2nc3ccccc3n2)c2ccccc12.COc1c[c-]c(-n2nc3ccccc3n2)c2ccccc12.[Ir].[c-]1ccccc1-c1ccccn1. The monoisotopic (exact) mass is 895 g/mol. The van der Waals surface area contributed by atoms with Crippen molar-refractivity contribution in [3.8, 4) is 34.1 Å². The minimum atomic E-state index is 0. The van der Waals surface area contributed by atoms with Crippen LogP contribution in [0.5, 0.6) is 11.5 Å². The van der Waals surface area contributed by atoms with E-state index in [9.17, 15) is 0 Å². The Bertz CT molecular complexity index is 2560. The second-order valence-electron chi connectivity index (χ2n) is 12.0. The number of ether oxygens (including phenoxy) is 2. The van der Waals surface area contributed by atoms with Gasteiger partial charge < -0.3 is 14.5 Å². The van der Waals surface area contributed by atoms with Crippen molar-refractivity contribution < 1.29 is 29.6 Å². The van der Waals surface area contributed by atoms with Gasteiger partial charge in [-0.25, -0.2) is 0 Å². The first-order valence-corrected chi connectivity index (χ1v) is 17.2.